The number of fused-ring (bicyclic) bond motifs is 1. The Kier molecular flexibility index (Phi) is 3.62. The van der Waals surface area contributed by atoms with Crippen molar-refractivity contribution in [3.63, 3.8) is 0 Å². The molecule has 0 fully saturated rings. The molecule has 1 aromatic heterocycles. The van der Waals surface area contributed by atoms with E-state index in [1.54, 1.807) is 0 Å². The van der Waals surface area contributed by atoms with Crippen LogP contribution < -0.4 is 4.74 Å². The molecule has 0 bridgehead atoms. The Labute approximate surface area is 103 Å². The molecule has 17 heavy (non-hydrogen) atoms. The van der Waals surface area contributed by atoms with Gasteiger partial charge >= 0.3 is 0 Å². The Morgan fingerprint density at radius 1 is 1.24 bits per heavy atom. The number of nitrogens with zero attached hydrogens (tertiary/aromatic N) is 1. The van der Waals surface area contributed by atoms with E-state index in [0.717, 1.165) is 28.8 Å². The summed E-state index contributed by atoms with van der Waals surface area (Å²) in [6.07, 6.45) is 0.991. The molecule has 0 atom stereocenters. The topological polar surface area (TPSA) is 22.1 Å². The van der Waals surface area contributed by atoms with Crippen LogP contribution in [0.3, 0.4) is 0 Å². The predicted molar refractivity (Wildman–Crippen MR) is 71.5 cm³/mol. The monoisotopic (exact) mass is 229 g/mol. The second-order valence-corrected chi connectivity index (χ2v) is 4.66. The van der Waals surface area contributed by atoms with Crippen LogP contribution in [0.4, 0.5) is 0 Å². The van der Waals surface area contributed by atoms with Gasteiger partial charge in [0.05, 0.1) is 12.1 Å². The lowest BCUT2D eigenvalue weighted by atomic mass is 10.1. The number of hydrogen-bond donors (Lipinski definition) is 0. The van der Waals surface area contributed by atoms with E-state index in [-0.39, 0.29) is 0 Å². The molecule has 0 aliphatic heterocycles. The number of aromatic nitrogens is 1. The van der Waals surface area contributed by atoms with Gasteiger partial charge in [0.15, 0.2) is 0 Å². The van der Waals surface area contributed by atoms with Crippen LogP contribution in [0.5, 0.6) is 5.75 Å². The maximum atomic E-state index is 5.70. The van der Waals surface area contributed by atoms with Crippen molar-refractivity contribution >= 4 is 10.9 Å². The maximum absolute atomic E-state index is 5.70. The van der Waals surface area contributed by atoms with Gasteiger partial charge in [0.2, 0.25) is 0 Å². The van der Waals surface area contributed by atoms with Crippen LogP contribution in [0.15, 0.2) is 30.3 Å². The van der Waals surface area contributed by atoms with E-state index < -0.39 is 0 Å². The Morgan fingerprint density at radius 3 is 2.71 bits per heavy atom. The molecule has 1 aromatic carbocycles. The van der Waals surface area contributed by atoms with E-state index >= 15 is 0 Å². The molecule has 2 heteroatoms. The highest BCUT2D eigenvalue weighted by molar-refractivity contribution is 5.85. The molecule has 0 aliphatic carbocycles. The number of benzene rings is 1. The summed E-state index contributed by atoms with van der Waals surface area (Å²) >= 11 is 0. The third-order valence-electron chi connectivity index (χ3n) is 2.65. The molecule has 0 saturated heterocycles. The highest BCUT2D eigenvalue weighted by atomic mass is 16.5. The molecule has 90 valence electrons. The number of ether oxygens (including phenoxy) is 1. The first-order valence-electron chi connectivity index (χ1n) is 6.22. The number of rotatable bonds is 4. The van der Waals surface area contributed by atoms with Gasteiger partial charge in [-0.15, -0.1) is 0 Å². The molecule has 2 aromatic rings. The van der Waals surface area contributed by atoms with Gasteiger partial charge in [-0.05, 0) is 31.4 Å². The average Bonchev–Trinajstić information content (AvgIpc) is 2.28. The van der Waals surface area contributed by atoms with Crippen LogP contribution >= 0.6 is 0 Å². The fourth-order valence-corrected chi connectivity index (χ4v) is 1.99. The standard InChI is InChI=1S/C15H19NO/c1-4-17-15-10-12(9-11(2)3)16-14-8-6-5-7-13(14)15/h5-8,10-11H,4,9H2,1-3H3. The minimum atomic E-state index is 0.609. The minimum Gasteiger partial charge on any atom is -0.493 e. The quantitative estimate of drug-likeness (QED) is 0.794. The molecular weight excluding hydrogens is 210 g/mol. The van der Waals surface area contributed by atoms with E-state index in [1.807, 2.05) is 25.1 Å². The van der Waals surface area contributed by atoms with Crippen molar-refractivity contribution in [1.29, 1.82) is 0 Å². The molecule has 0 unspecified atom stereocenters. The SMILES string of the molecule is CCOc1cc(CC(C)C)nc2ccccc12. The summed E-state index contributed by atoms with van der Waals surface area (Å²) in [5.41, 5.74) is 2.14. The molecule has 0 amide bonds. The number of hydrogen-bond acceptors (Lipinski definition) is 2. The lowest BCUT2D eigenvalue weighted by Gasteiger charge is -2.11. The summed E-state index contributed by atoms with van der Waals surface area (Å²) in [7, 11) is 0. The summed E-state index contributed by atoms with van der Waals surface area (Å²) < 4.78 is 5.70. The first-order valence-corrected chi connectivity index (χ1v) is 6.22. The molecule has 0 spiro atoms. The maximum Gasteiger partial charge on any atom is 0.130 e. The van der Waals surface area contributed by atoms with Crippen LogP contribution in [0.25, 0.3) is 10.9 Å². The van der Waals surface area contributed by atoms with Gasteiger partial charge in [0.25, 0.3) is 0 Å². The van der Waals surface area contributed by atoms with Crippen molar-refractivity contribution < 1.29 is 4.74 Å². The summed E-state index contributed by atoms with van der Waals surface area (Å²) in [6.45, 7) is 7.11. The van der Waals surface area contributed by atoms with Crippen molar-refractivity contribution in [2.45, 2.75) is 27.2 Å². The molecule has 0 radical (unpaired) electrons. The van der Waals surface area contributed by atoms with Crippen LogP contribution in [0.1, 0.15) is 26.5 Å². The van der Waals surface area contributed by atoms with Crippen LogP contribution in [-0.2, 0) is 6.42 Å². The lowest BCUT2D eigenvalue weighted by Crippen LogP contribution is -2.00. The van der Waals surface area contributed by atoms with Gasteiger partial charge in [-0.2, -0.15) is 0 Å². The average molecular weight is 229 g/mol. The molecule has 0 aliphatic rings. The first kappa shape index (κ1) is 11.9. The molecule has 1 heterocycles. The van der Waals surface area contributed by atoms with Crippen molar-refractivity contribution in [3.8, 4) is 5.75 Å². The molecule has 0 saturated carbocycles. The normalized spacial score (nSPS) is 11.1. The molecule has 2 rings (SSSR count). The van der Waals surface area contributed by atoms with E-state index in [9.17, 15) is 0 Å². The summed E-state index contributed by atoms with van der Waals surface area (Å²) in [4.78, 5) is 4.68. The predicted octanol–water partition coefficient (Wildman–Crippen LogP) is 3.83. The third-order valence-corrected chi connectivity index (χ3v) is 2.65. The van der Waals surface area contributed by atoms with Crippen LogP contribution in [0, 0.1) is 5.92 Å². The van der Waals surface area contributed by atoms with Crippen LogP contribution in [-0.4, -0.2) is 11.6 Å². The Morgan fingerprint density at radius 2 is 2.00 bits per heavy atom. The Balaban J connectivity index is 2.50. The Bertz CT molecular complexity index is 505. The summed E-state index contributed by atoms with van der Waals surface area (Å²) in [5, 5.41) is 1.10. The van der Waals surface area contributed by atoms with Crippen molar-refractivity contribution in [3.05, 3.63) is 36.0 Å². The summed E-state index contributed by atoms with van der Waals surface area (Å²) in [5.74, 6) is 1.56. The zero-order valence-corrected chi connectivity index (χ0v) is 10.7. The lowest BCUT2D eigenvalue weighted by molar-refractivity contribution is 0.343. The van der Waals surface area contributed by atoms with Crippen molar-refractivity contribution in [2.75, 3.05) is 6.61 Å². The van der Waals surface area contributed by atoms with E-state index in [4.69, 9.17) is 4.74 Å². The Hall–Kier alpha value is -1.57. The van der Waals surface area contributed by atoms with Gasteiger partial charge in [0, 0.05) is 17.1 Å². The molecular formula is C15H19NO. The van der Waals surface area contributed by atoms with Gasteiger partial charge in [-0.3, -0.25) is 4.98 Å². The molecule has 2 nitrogen and oxygen atoms in total. The zero-order chi connectivity index (χ0) is 12.3. The van der Waals surface area contributed by atoms with E-state index in [0.29, 0.717) is 12.5 Å². The smallest absolute Gasteiger partial charge is 0.130 e. The van der Waals surface area contributed by atoms with E-state index in [2.05, 4.69) is 31.0 Å². The van der Waals surface area contributed by atoms with Crippen LogP contribution in [0.2, 0.25) is 0 Å². The van der Waals surface area contributed by atoms with Crippen molar-refractivity contribution in [2.24, 2.45) is 5.92 Å². The number of para-hydroxylation sites is 1. The number of pyridine rings is 1. The van der Waals surface area contributed by atoms with Gasteiger partial charge in [-0.1, -0.05) is 26.0 Å². The van der Waals surface area contributed by atoms with Gasteiger partial charge in [0.1, 0.15) is 5.75 Å². The van der Waals surface area contributed by atoms with Gasteiger partial charge in [-0.25, -0.2) is 0 Å². The highest BCUT2D eigenvalue weighted by Crippen LogP contribution is 2.26. The van der Waals surface area contributed by atoms with E-state index in [1.165, 1.54) is 0 Å². The molecule has 0 N–H and O–H groups in total. The first-order chi connectivity index (χ1) is 8.20. The highest BCUT2D eigenvalue weighted by Gasteiger charge is 2.07. The largest absolute Gasteiger partial charge is 0.493 e. The minimum absolute atomic E-state index is 0.609. The third kappa shape index (κ3) is 2.76. The van der Waals surface area contributed by atoms with Crippen molar-refractivity contribution in [1.82, 2.24) is 4.98 Å². The fraction of sp³-hybridized carbons (Fsp3) is 0.400. The second-order valence-electron chi connectivity index (χ2n) is 4.66. The second kappa shape index (κ2) is 5.17. The van der Waals surface area contributed by atoms with Gasteiger partial charge < -0.3 is 4.74 Å². The fourth-order valence-electron chi connectivity index (χ4n) is 1.99. The summed E-state index contributed by atoms with van der Waals surface area (Å²) in [6, 6.07) is 10.2. The zero-order valence-electron chi connectivity index (χ0n) is 10.7.